The molecule has 10 aromatic rings. The summed E-state index contributed by atoms with van der Waals surface area (Å²) < 4.78 is 2.51. The van der Waals surface area contributed by atoms with Crippen molar-refractivity contribution in [3.8, 4) is 50.2 Å². The monoisotopic (exact) mass is 687 g/mol. The van der Waals surface area contributed by atoms with Gasteiger partial charge in [0.25, 0.3) is 0 Å². The van der Waals surface area contributed by atoms with E-state index in [0.717, 1.165) is 0 Å². The van der Waals surface area contributed by atoms with Crippen molar-refractivity contribution in [1.82, 2.24) is 4.57 Å². The van der Waals surface area contributed by atoms with Gasteiger partial charge in [-0.15, -0.1) is 0 Å². The minimum absolute atomic E-state index is 0.143. The lowest BCUT2D eigenvalue weighted by atomic mass is 9.74. The van der Waals surface area contributed by atoms with E-state index in [-0.39, 0.29) is 5.41 Å². The van der Waals surface area contributed by atoms with Gasteiger partial charge in [-0.25, -0.2) is 0 Å². The largest absolute Gasteiger partial charge is 0.309 e. The Morgan fingerprint density at radius 3 is 1.43 bits per heavy atom. The lowest BCUT2D eigenvalue weighted by Crippen LogP contribution is -2.26. The highest BCUT2D eigenvalue weighted by atomic mass is 15.0. The van der Waals surface area contributed by atoms with E-state index < -0.39 is 0 Å². The summed E-state index contributed by atoms with van der Waals surface area (Å²) in [5, 5.41) is 7.69. The van der Waals surface area contributed by atoms with E-state index in [0.29, 0.717) is 0 Å². The molecule has 1 aromatic heterocycles. The molecule has 1 heteroatoms. The zero-order valence-electron chi connectivity index (χ0n) is 30.3. The fourth-order valence-corrected chi connectivity index (χ4v) is 9.38. The quantitative estimate of drug-likeness (QED) is 0.162. The summed E-state index contributed by atoms with van der Waals surface area (Å²) in [6.45, 7) is 4.76. The van der Waals surface area contributed by atoms with Crippen molar-refractivity contribution in [1.29, 1.82) is 0 Å². The topological polar surface area (TPSA) is 4.93 Å². The number of fused-ring (bicyclic) bond motifs is 7. The second-order valence-corrected chi connectivity index (χ2v) is 15.3. The molecule has 0 aliphatic carbocycles. The van der Waals surface area contributed by atoms with E-state index in [1.54, 1.807) is 0 Å². The molecule has 0 bridgehead atoms. The number of hydrogen-bond donors (Lipinski definition) is 0. The molecule has 9 aromatic carbocycles. The number of benzene rings is 9. The zero-order valence-corrected chi connectivity index (χ0v) is 30.3. The first-order chi connectivity index (χ1) is 26.6. The molecule has 254 valence electrons. The van der Waals surface area contributed by atoms with Crippen molar-refractivity contribution >= 4 is 43.4 Å². The molecule has 0 N–H and O–H groups in total. The predicted molar refractivity (Wildman–Crippen MR) is 230 cm³/mol. The normalized spacial score (nSPS) is 13.1. The maximum absolute atomic E-state index is 2.51. The van der Waals surface area contributed by atoms with Crippen LogP contribution >= 0.6 is 0 Å². The van der Waals surface area contributed by atoms with Gasteiger partial charge in [-0.05, 0) is 108 Å². The molecular formula is C53H37N. The van der Waals surface area contributed by atoms with Gasteiger partial charge in [0.15, 0.2) is 0 Å². The highest BCUT2D eigenvalue weighted by Gasteiger charge is 2.35. The van der Waals surface area contributed by atoms with Crippen LogP contribution in [0.5, 0.6) is 0 Å². The van der Waals surface area contributed by atoms with E-state index >= 15 is 0 Å². The zero-order chi connectivity index (χ0) is 36.0. The molecule has 0 atom stereocenters. The first-order valence-electron chi connectivity index (χ1n) is 18.9. The lowest BCUT2D eigenvalue weighted by molar-refractivity contribution is 0.630. The lowest BCUT2D eigenvalue weighted by Gasteiger charge is -2.35. The molecule has 0 radical (unpaired) electrons. The Bertz CT molecular complexity index is 3030. The van der Waals surface area contributed by atoms with E-state index in [2.05, 4.69) is 206 Å². The summed E-state index contributed by atoms with van der Waals surface area (Å²) in [7, 11) is 0. The molecule has 0 spiro atoms. The SMILES string of the molecule is CC1(C)c2ccccc2-n2c3ccc(-c4ccc(-c5c6ccccc6c(-c6ccccc6)c6ccccc56)cc4)cc3c3cc(-c4ccccc4)cc1c32. The summed E-state index contributed by atoms with van der Waals surface area (Å²) in [4.78, 5) is 0. The molecule has 0 amide bonds. The van der Waals surface area contributed by atoms with Gasteiger partial charge in [0.1, 0.15) is 0 Å². The van der Waals surface area contributed by atoms with E-state index in [1.165, 1.54) is 105 Å². The van der Waals surface area contributed by atoms with Crippen LogP contribution in [0.15, 0.2) is 188 Å². The summed E-state index contributed by atoms with van der Waals surface area (Å²) in [5.41, 5.74) is 16.4. The molecule has 1 nitrogen and oxygen atoms in total. The van der Waals surface area contributed by atoms with Crippen LogP contribution in [-0.4, -0.2) is 4.57 Å². The van der Waals surface area contributed by atoms with Crippen LogP contribution in [0.2, 0.25) is 0 Å². The maximum Gasteiger partial charge on any atom is 0.0582 e. The van der Waals surface area contributed by atoms with Gasteiger partial charge >= 0.3 is 0 Å². The number of nitrogens with zero attached hydrogens (tertiary/aromatic N) is 1. The summed E-state index contributed by atoms with van der Waals surface area (Å²) in [6.07, 6.45) is 0. The van der Waals surface area contributed by atoms with Crippen molar-refractivity contribution in [2.24, 2.45) is 0 Å². The van der Waals surface area contributed by atoms with Gasteiger partial charge in [0.05, 0.1) is 16.7 Å². The Morgan fingerprint density at radius 2 is 0.796 bits per heavy atom. The molecule has 0 saturated carbocycles. The predicted octanol–water partition coefficient (Wildman–Crippen LogP) is 14.4. The Hall–Kier alpha value is -6.70. The van der Waals surface area contributed by atoms with Crippen LogP contribution in [0.3, 0.4) is 0 Å². The third-order valence-corrected chi connectivity index (χ3v) is 12.0. The molecule has 0 fully saturated rings. The second-order valence-electron chi connectivity index (χ2n) is 15.3. The van der Waals surface area contributed by atoms with Gasteiger partial charge in [-0.2, -0.15) is 0 Å². The Labute approximate surface area is 315 Å². The smallest absolute Gasteiger partial charge is 0.0582 e. The second kappa shape index (κ2) is 11.7. The fourth-order valence-electron chi connectivity index (χ4n) is 9.38. The van der Waals surface area contributed by atoms with Crippen LogP contribution in [0.25, 0.3) is 93.5 Å². The summed E-state index contributed by atoms with van der Waals surface area (Å²) in [6, 6.07) is 69.5. The average molecular weight is 688 g/mol. The van der Waals surface area contributed by atoms with Crippen molar-refractivity contribution in [2.75, 3.05) is 0 Å². The molecule has 11 rings (SSSR count). The molecule has 0 saturated heterocycles. The average Bonchev–Trinajstić information content (AvgIpc) is 3.56. The van der Waals surface area contributed by atoms with E-state index in [9.17, 15) is 0 Å². The molecule has 54 heavy (non-hydrogen) atoms. The Balaban J connectivity index is 1.10. The Morgan fingerprint density at radius 1 is 0.333 bits per heavy atom. The van der Waals surface area contributed by atoms with Gasteiger partial charge in [-0.1, -0.05) is 172 Å². The van der Waals surface area contributed by atoms with Gasteiger partial charge < -0.3 is 4.57 Å². The first kappa shape index (κ1) is 30.9. The third kappa shape index (κ3) is 4.45. The minimum atomic E-state index is -0.143. The highest BCUT2D eigenvalue weighted by molar-refractivity contribution is 6.21. The first-order valence-corrected chi connectivity index (χ1v) is 18.9. The van der Waals surface area contributed by atoms with Crippen molar-refractivity contribution in [3.05, 3.63) is 199 Å². The molecule has 2 heterocycles. The highest BCUT2D eigenvalue weighted by Crippen LogP contribution is 2.50. The maximum atomic E-state index is 2.51. The van der Waals surface area contributed by atoms with Crippen LogP contribution in [0.1, 0.15) is 25.0 Å². The molecule has 1 aliphatic heterocycles. The van der Waals surface area contributed by atoms with Crippen LogP contribution in [0.4, 0.5) is 0 Å². The van der Waals surface area contributed by atoms with Crippen molar-refractivity contribution in [3.63, 3.8) is 0 Å². The number of hydrogen-bond acceptors (Lipinski definition) is 0. The van der Waals surface area contributed by atoms with Crippen molar-refractivity contribution < 1.29 is 0 Å². The summed E-state index contributed by atoms with van der Waals surface area (Å²) in [5.74, 6) is 0. The number of aromatic nitrogens is 1. The van der Waals surface area contributed by atoms with Crippen LogP contribution in [0, 0.1) is 0 Å². The Kier molecular flexibility index (Phi) is 6.66. The van der Waals surface area contributed by atoms with Gasteiger partial charge in [0.2, 0.25) is 0 Å². The van der Waals surface area contributed by atoms with E-state index in [4.69, 9.17) is 0 Å². The number of para-hydroxylation sites is 1. The van der Waals surface area contributed by atoms with Crippen molar-refractivity contribution in [2.45, 2.75) is 19.3 Å². The van der Waals surface area contributed by atoms with Gasteiger partial charge in [-0.3, -0.25) is 0 Å². The number of rotatable bonds is 4. The van der Waals surface area contributed by atoms with Gasteiger partial charge in [0, 0.05) is 16.2 Å². The molecule has 0 unspecified atom stereocenters. The third-order valence-electron chi connectivity index (χ3n) is 12.0. The standard InChI is InChI=1S/C53H37N/c1-53(2)46-23-13-14-24-49(46)54-48-30-29-38(31-44(48)45-32-39(33-47(53)52(45)54)34-15-5-3-6-16-34)35-25-27-37(28-26-35)51-42-21-11-9-19-40(42)50(36-17-7-4-8-18-36)41-20-10-12-22-43(41)51/h3-33H,1-2H3. The summed E-state index contributed by atoms with van der Waals surface area (Å²) >= 11 is 0. The van der Waals surface area contributed by atoms with E-state index in [1.807, 2.05) is 0 Å². The fraction of sp³-hybridized carbons (Fsp3) is 0.0566. The molecule has 1 aliphatic rings. The molecular weight excluding hydrogens is 651 g/mol. The minimum Gasteiger partial charge on any atom is -0.309 e. The van der Waals surface area contributed by atoms with Crippen LogP contribution in [-0.2, 0) is 5.41 Å². The van der Waals surface area contributed by atoms with Crippen LogP contribution < -0.4 is 0 Å².